The normalized spacial score (nSPS) is 24.8. The molecule has 0 aromatic heterocycles. The Morgan fingerprint density at radius 2 is 1.82 bits per heavy atom. The van der Waals surface area contributed by atoms with E-state index in [2.05, 4.69) is 0 Å². The molecule has 0 heterocycles. The average Bonchev–Trinajstić information content (AvgIpc) is 2.64. The fourth-order valence-electron chi connectivity index (χ4n) is 1.07. The van der Waals surface area contributed by atoms with Gasteiger partial charge >= 0.3 is 6.18 Å². The molecule has 1 fully saturated rings. The van der Waals surface area contributed by atoms with Gasteiger partial charge in [0.05, 0.1) is 0 Å². The largest absolute Gasteiger partial charge is 0.420 e. The van der Waals surface area contributed by atoms with Crippen molar-refractivity contribution in [1.29, 1.82) is 0 Å². The van der Waals surface area contributed by atoms with Gasteiger partial charge in [0.15, 0.2) is 0 Å². The van der Waals surface area contributed by atoms with Crippen LogP contribution < -0.4 is 5.73 Å². The first kappa shape index (κ1) is 8.77. The second-order valence-electron chi connectivity index (χ2n) is 2.97. The first-order valence-corrected chi connectivity index (χ1v) is 3.33. The second kappa shape index (κ2) is 2.33. The third kappa shape index (κ3) is 1.47. The first-order chi connectivity index (χ1) is 4.92. The summed E-state index contributed by atoms with van der Waals surface area (Å²) in [6.45, 7) is -0.215. The van der Waals surface area contributed by atoms with Crippen LogP contribution >= 0.6 is 0 Å². The Hall–Kier alpha value is -0.320. The molecular formula is C6H9F4N. The lowest BCUT2D eigenvalue weighted by Crippen LogP contribution is -2.37. The van der Waals surface area contributed by atoms with Crippen LogP contribution in [0.25, 0.3) is 0 Å². The molecule has 11 heavy (non-hydrogen) atoms. The van der Waals surface area contributed by atoms with E-state index in [1.165, 1.54) is 0 Å². The minimum atomic E-state index is -4.74. The summed E-state index contributed by atoms with van der Waals surface area (Å²) in [5, 5.41) is 0. The summed E-state index contributed by atoms with van der Waals surface area (Å²) in [6.07, 6.45) is -6.97. The molecule has 1 nitrogen and oxygen atoms in total. The van der Waals surface area contributed by atoms with Gasteiger partial charge in [0, 0.05) is 12.0 Å². The van der Waals surface area contributed by atoms with Crippen molar-refractivity contribution in [2.75, 3.05) is 6.54 Å². The zero-order valence-electron chi connectivity index (χ0n) is 5.79. The van der Waals surface area contributed by atoms with Gasteiger partial charge in [-0.25, -0.2) is 4.39 Å². The zero-order chi connectivity index (χ0) is 8.70. The van der Waals surface area contributed by atoms with Crippen LogP contribution in [0.15, 0.2) is 0 Å². The molecule has 0 aromatic rings. The molecule has 0 aliphatic heterocycles. The maximum atomic E-state index is 12.5. The molecule has 1 unspecified atom stereocenters. The van der Waals surface area contributed by atoms with E-state index < -0.39 is 17.8 Å². The lowest BCUT2D eigenvalue weighted by Gasteiger charge is -2.20. The van der Waals surface area contributed by atoms with Crippen molar-refractivity contribution >= 4 is 0 Å². The monoisotopic (exact) mass is 171 g/mol. The van der Waals surface area contributed by atoms with E-state index in [4.69, 9.17) is 5.73 Å². The van der Waals surface area contributed by atoms with Crippen LogP contribution in [0.2, 0.25) is 0 Å². The van der Waals surface area contributed by atoms with Crippen LogP contribution in [0, 0.1) is 5.41 Å². The molecule has 0 spiro atoms. The Kier molecular flexibility index (Phi) is 1.86. The quantitative estimate of drug-likeness (QED) is 0.628. The van der Waals surface area contributed by atoms with Crippen LogP contribution in [0.4, 0.5) is 17.6 Å². The Labute approximate surface area is 61.6 Å². The molecule has 1 aliphatic rings. The number of hydrogen-bond acceptors (Lipinski definition) is 1. The molecule has 0 saturated heterocycles. The van der Waals surface area contributed by atoms with Gasteiger partial charge in [-0.05, 0) is 12.8 Å². The van der Waals surface area contributed by atoms with E-state index >= 15 is 0 Å². The van der Waals surface area contributed by atoms with Gasteiger partial charge < -0.3 is 5.73 Å². The molecule has 1 atom stereocenters. The van der Waals surface area contributed by atoms with Crippen molar-refractivity contribution in [3.05, 3.63) is 0 Å². The van der Waals surface area contributed by atoms with Crippen LogP contribution in [-0.4, -0.2) is 18.9 Å². The van der Waals surface area contributed by atoms with E-state index in [9.17, 15) is 17.6 Å². The van der Waals surface area contributed by atoms with Crippen molar-refractivity contribution in [1.82, 2.24) is 0 Å². The van der Waals surface area contributed by atoms with Crippen molar-refractivity contribution in [3.8, 4) is 0 Å². The van der Waals surface area contributed by atoms with Crippen LogP contribution in [0.5, 0.6) is 0 Å². The summed E-state index contributed by atoms with van der Waals surface area (Å²) < 4.78 is 47.8. The summed E-state index contributed by atoms with van der Waals surface area (Å²) >= 11 is 0. The van der Waals surface area contributed by atoms with Crippen LogP contribution in [-0.2, 0) is 0 Å². The third-order valence-electron chi connectivity index (χ3n) is 2.12. The third-order valence-corrected chi connectivity index (χ3v) is 2.12. The van der Waals surface area contributed by atoms with Gasteiger partial charge in [-0.1, -0.05) is 0 Å². The van der Waals surface area contributed by atoms with Gasteiger partial charge in [0.1, 0.15) is 0 Å². The molecule has 1 saturated carbocycles. The fraction of sp³-hybridized carbons (Fsp3) is 1.00. The molecular weight excluding hydrogens is 162 g/mol. The number of alkyl halides is 4. The summed E-state index contributed by atoms with van der Waals surface area (Å²) in [5.41, 5.74) is 3.75. The first-order valence-electron chi connectivity index (χ1n) is 3.33. The predicted octanol–water partition coefficient (Wildman–Crippen LogP) is 1.63. The van der Waals surface area contributed by atoms with E-state index in [1.54, 1.807) is 0 Å². The second-order valence-corrected chi connectivity index (χ2v) is 2.97. The van der Waals surface area contributed by atoms with Gasteiger partial charge in [-0.3, -0.25) is 0 Å². The lowest BCUT2D eigenvalue weighted by molar-refractivity contribution is -0.197. The predicted molar refractivity (Wildman–Crippen MR) is 31.7 cm³/mol. The summed E-state index contributed by atoms with van der Waals surface area (Å²) in [5.74, 6) is 0. The van der Waals surface area contributed by atoms with Gasteiger partial charge in [0.25, 0.3) is 0 Å². The minimum absolute atomic E-state index is 0.215. The highest BCUT2D eigenvalue weighted by Gasteiger charge is 2.60. The number of rotatable bonds is 2. The average molecular weight is 171 g/mol. The lowest BCUT2D eigenvalue weighted by atomic mass is 10.0. The fourth-order valence-corrected chi connectivity index (χ4v) is 1.07. The molecule has 66 valence electrons. The van der Waals surface area contributed by atoms with Crippen molar-refractivity contribution < 1.29 is 17.6 Å². The Balaban J connectivity index is 2.61. The van der Waals surface area contributed by atoms with Crippen LogP contribution in [0.3, 0.4) is 0 Å². The molecule has 1 aliphatic carbocycles. The molecule has 2 N–H and O–H groups in total. The number of nitrogens with two attached hydrogens (primary N) is 1. The van der Waals surface area contributed by atoms with E-state index in [0.29, 0.717) is 0 Å². The summed E-state index contributed by atoms with van der Waals surface area (Å²) in [4.78, 5) is 0. The molecule has 5 heteroatoms. The highest BCUT2D eigenvalue weighted by atomic mass is 19.4. The maximum Gasteiger partial charge on any atom is 0.420 e. The number of halogens is 4. The van der Waals surface area contributed by atoms with Crippen molar-refractivity contribution in [3.63, 3.8) is 0 Å². The highest BCUT2D eigenvalue weighted by molar-refractivity contribution is 5.02. The van der Waals surface area contributed by atoms with Crippen molar-refractivity contribution in [2.45, 2.75) is 25.2 Å². The smallest absolute Gasteiger partial charge is 0.330 e. The van der Waals surface area contributed by atoms with Crippen molar-refractivity contribution in [2.24, 2.45) is 11.1 Å². The SMILES string of the molecule is NCC1(C(F)C(F)(F)F)CC1. The summed E-state index contributed by atoms with van der Waals surface area (Å²) in [6, 6.07) is 0. The Morgan fingerprint density at radius 1 is 1.36 bits per heavy atom. The molecule has 0 aromatic carbocycles. The van der Waals surface area contributed by atoms with E-state index in [1.807, 2.05) is 0 Å². The molecule has 1 rings (SSSR count). The standard InChI is InChI=1S/C6H9F4N/c7-4(6(8,9)10)5(3-11)1-2-5/h4H,1-3,11H2. The van der Waals surface area contributed by atoms with Gasteiger partial charge in [-0.15, -0.1) is 0 Å². The Morgan fingerprint density at radius 3 is 1.91 bits per heavy atom. The van der Waals surface area contributed by atoms with Gasteiger partial charge in [-0.2, -0.15) is 13.2 Å². The molecule has 0 radical (unpaired) electrons. The van der Waals surface area contributed by atoms with Crippen LogP contribution in [0.1, 0.15) is 12.8 Å². The summed E-state index contributed by atoms with van der Waals surface area (Å²) in [7, 11) is 0. The zero-order valence-corrected chi connectivity index (χ0v) is 5.79. The molecule has 0 bridgehead atoms. The Bertz CT molecular complexity index is 149. The van der Waals surface area contributed by atoms with Gasteiger partial charge in [0.2, 0.25) is 6.17 Å². The molecule has 0 amide bonds. The highest BCUT2D eigenvalue weighted by Crippen LogP contribution is 2.53. The number of hydrogen-bond donors (Lipinski definition) is 1. The van der Waals surface area contributed by atoms with E-state index in [-0.39, 0.29) is 19.4 Å². The minimum Gasteiger partial charge on any atom is -0.330 e. The van der Waals surface area contributed by atoms with E-state index in [0.717, 1.165) is 0 Å². The maximum absolute atomic E-state index is 12.5. The topological polar surface area (TPSA) is 26.0 Å².